The first-order valence-corrected chi connectivity index (χ1v) is 5.66. The molecule has 0 fully saturated rings. The van der Waals surface area contributed by atoms with Crippen LogP contribution in [-0.2, 0) is 0 Å². The summed E-state index contributed by atoms with van der Waals surface area (Å²) in [5, 5.41) is 8.96. The molecule has 0 heterocycles. The van der Waals surface area contributed by atoms with E-state index in [4.69, 9.17) is 5.26 Å². The highest BCUT2D eigenvalue weighted by atomic mass is 15.1. The predicted molar refractivity (Wildman–Crippen MR) is 65.5 cm³/mol. The van der Waals surface area contributed by atoms with E-state index in [0.29, 0.717) is 5.92 Å². The lowest BCUT2D eigenvalue weighted by molar-refractivity contribution is 0.295. The molecule has 0 saturated heterocycles. The third kappa shape index (κ3) is 7.16. The molecular weight excluding hydrogens is 184 g/mol. The zero-order valence-electron chi connectivity index (χ0n) is 10.7. The molecule has 0 rings (SSSR count). The van der Waals surface area contributed by atoms with Gasteiger partial charge in [0.05, 0.1) is 12.1 Å². The molecule has 2 atom stereocenters. The topological polar surface area (TPSA) is 27.0 Å². The molecule has 0 saturated carbocycles. The molecule has 2 nitrogen and oxygen atoms in total. The summed E-state index contributed by atoms with van der Waals surface area (Å²) in [6.07, 6.45) is 5.56. The Morgan fingerprint density at radius 2 is 2.00 bits per heavy atom. The van der Waals surface area contributed by atoms with E-state index in [0.717, 1.165) is 12.8 Å². The van der Waals surface area contributed by atoms with E-state index < -0.39 is 0 Å². The highest BCUT2D eigenvalue weighted by molar-refractivity contribution is 4.94. The van der Waals surface area contributed by atoms with Gasteiger partial charge in [-0.3, -0.25) is 4.90 Å². The van der Waals surface area contributed by atoms with Crippen LogP contribution in [0.3, 0.4) is 0 Å². The molecule has 0 aliphatic carbocycles. The maximum Gasteiger partial charge on any atom is 0.0975 e. The fourth-order valence-electron chi connectivity index (χ4n) is 1.53. The van der Waals surface area contributed by atoms with Crippen LogP contribution in [0.1, 0.15) is 40.0 Å². The molecule has 0 bridgehead atoms. The van der Waals surface area contributed by atoms with Crippen molar-refractivity contribution in [3.8, 4) is 6.07 Å². The average Bonchev–Trinajstić information content (AvgIpc) is 2.13. The minimum Gasteiger partial charge on any atom is -0.294 e. The number of hydrogen-bond acceptors (Lipinski definition) is 2. The van der Waals surface area contributed by atoms with Crippen LogP contribution in [-0.4, -0.2) is 25.0 Å². The first kappa shape index (κ1) is 14.2. The maximum absolute atomic E-state index is 8.96. The molecule has 15 heavy (non-hydrogen) atoms. The Kier molecular flexibility index (Phi) is 7.07. The standard InChI is InChI=1S/C13H24N2/c1-11(2)7-6-8-12(3)9-13(10-14)15(4)5/h7,12-13H,6,8-9H2,1-5H3/t12-,13?/m1/s1. The van der Waals surface area contributed by atoms with Gasteiger partial charge < -0.3 is 0 Å². The first-order chi connectivity index (χ1) is 6.97. The second-order valence-electron chi connectivity index (χ2n) is 4.81. The van der Waals surface area contributed by atoms with Gasteiger partial charge in [-0.1, -0.05) is 18.6 Å². The summed E-state index contributed by atoms with van der Waals surface area (Å²) in [4.78, 5) is 2.00. The number of nitriles is 1. The molecule has 0 N–H and O–H groups in total. The second-order valence-corrected chi connectivity index (χ2v) is 4.81. The number of allylic oxidation sites excluding steroid dienone is 2. The zero-order valence-corrected chi connectivity index (χ0v) is 10.7. The van der Waals surface area contributed by atoms with E-state index >= 15 is 0 Å². The Hall–Kier alpha value is -0.810. The van der Waals surface area contributed by atoms with Gasteiger partial charge >= 0.3 is 0 Å². The smallest absolute Gasteiger partial charge is 0.0975 e. The molecule has 0 aromatic carbocycles. The van der Waals surface area contributed by atoms with Crippen LogP contribution >= 0.6 is 0 Å². The van der Waals surface area contributed by atoms with Crippen LogP contribution < -0.4 is 0 Å². The van der Waals surface area contributed by atoms with Crippen molar-refractivity contribution in [2.24, 2.45) is 5.92 Å². The number of hydrogen-bond donors (Lipinski definition) is 0. The lowest BCUT2D eigenvalue weighted by Crippen LogP contribution is -2.28. The van der Waals surface area contributed by atoms with E-state index in [1.54, 1.807) is 0 Å². The van der Waals surface area contributed by atoms with Crippen LogP contribution in [0.5, 0.6) is 0 Å². The minimum atomic E-state index is 0.0618. The molecule has 0 aliphatic rings. The molecule has 0 radical (unpaired) electrons. The Morgan fingerprint density at radius 3 is 2.40 bits per heavy atom. The van der Waals surface area contributed by atoms with Crippen LogP contribution in [0.4, 0.5) is 0 Å². The Morgan fingerprint density at radius 1 is 1.40 bits per heavy atom. The van der Waals surface area contributed by atoms with Crippen molar-refractivity contribution in [1.29, 1.82) is 5.26 Å². The summed E-state index contributed by atoms with van der Waals surface area (Å²) in [5.74, 6) is 0.618. The molecular formula is C13H24N2. The van der Waals surface area contributed by atoms with Crippen molar-refractivity contribution in [1.82, 2.24) is 4.90 Å². The van der Waals surface area contributed by atoms with Crippen molar-refractivity contribution >= 4 is 0 Å². The molecule has 0 aromatic rings. The van der Waals surface area contributed by atoms with Crippen LogP contribution in [0.15, 0.2) is 11.6 Å². The summed E-state index contributed by atoms with van der Waals surface area (Å²) in [6, 6.07) is 2.40. The number of rotatable bonds is 6. The van der Waals surface area contributed by atoms with Gasteiger partial charge in [0.15, 0.2) is 0 Å². The van der Waals surface area contributed by atoms with Crippen molar-refractivity contribution < 1.29 is 0 Å². The quantitative estimate of drug-likeness (QED) is 0.627. The van der Waals surface area contributed by atoms with E-state index in [-0.39, 0.29) is 6.04 Å². The molecule has 1 unspecified atom stereocenters. The molecule has 2 heteroatoms. The monoisotopic (exact) mass is 208 g/mol. The molecule has 0 amide bonds. The van der Waals surface area contributed by atoms with E-state index in [1.807, 2.05) is 19.0 Å². The van der Waals surface area contributed by atoms with Crippen molar-refractivity contribution in [3.63, 3.8) is 0 Å². The van der Waals surface area contributed by atoms with Crippen molar-refractivity contribution in [2.45, 2.75) is 46.1 Å². The van der Waals surface area contributed by atoms with Crippen LogP contribution in [0, 0.1) is 17.2 Å². The minimum absolute atomic E-state index is 0.0618. The summed E-state index contributed by atoms with van der Waals surface area (Å²) in [7, 11) is 3.94. The molecule has 86 valence electrons. The predicted octanol–water partition coefficient (Wildman–Crippen LogP) is 3.21. The third-order valence-electron chi connectivity index (χ3n) is 2.61. The molecule has 0 aromatic heterocycles. The van der Waals surface area contributed by atoms with Gasteiger partial charge in [-0.2, -0.15) is 5.26 Å². The molecule has 0 spiro atoms. The average molecular weight is 208 g/mol. The largest absolute Gasteiger partial charge is 0.294 e. The van der Waals surface area contributed by atoms with Gasteiger partial charge in [-0.25, -0.2) is 0 Å². The Balaban J connectivity index is 3.87. The third-order valence-corrected chi connectivity index (χ3v) is 2.61. The van der Waals surface area contributed by atoms with Gasteiger partial charge in [-0.05, 0) is 53.1 Å². The Labute approximate surface area is 94.6 Å². The van der Waals surface area contributed by atoms with E-state index in [1.165, 1.54) is 12.0 Å². The SMILES string of the molecule is CC(C)=CCC[C@@H](C)CC(C#N)N(C)C. The summed E-state index contributed by atoms with van der Waals surface area (Å²) >= 11 is 0. The van der Waals surface area contributed by atoms with Gasteiger partial charge in [0.2, 0.25) is 0 Å². The summed E-state index contributed by atoms with van der Waals surface area (Å²) in [5.41, 5.74) is 1.38. The van der Waals surface area contributed by atoms with Gasteiger partial charge in [0.25, 0.3) is 0 Å². The van der Waals surface area contributed by atoms with Crippen molar-refractivity contribution in [2.75, 3.05) is 14.1 Å². The van der Waals surface area contributed by atoms with Crippen molar-refractivity contribution in [3.05, 3.63) is 11.6 Å². The normalized spacial score (nSPS) is 14.5. The van der Waals surface area contributed by atoms with Gasteiger partial charge in [0, 0.05) is 0 Å². The highest BCUT2D eigenvalue weighted by Crippen LogP contribution is 2.15. The van der Waals surface area contributed by atoms with E-state index in [9.17, 15) is 0 Å². The van der Waals surface area contributed by atoms with Crippen LogP contribution in [0.2, 0.25) is 0 Å². The maximum atomic E-state index is 8.96. The summed E-state index contributed by atoms with van der Waals surface area (Å²) in [6.45, 7) is 6.48. The van der Waals surface area contributed by atoms with Crippen LogP contribution in [0.25, 0.3) is 0 Å². The molecule has 0 aliphatic heterocycles. The highest BCUT2D eigenvalue weighted by Gasteiger charge is 2.13. The second kappa shape index (κ2) is 7.48. The zero-order chi connectivity index (χ0) is 11.8. The number of nitrogens with zero attached hydrogens (tertiary/aromatic N) is 2. The van der Waals surface area contributed by atoms with Gasteiger partial charge in [-0.15, -0.1) is 0 Å². The lowest BCUT2D eigenvalue weighted by atomic mass is 9.96. The van der Waals surface area contributed by atoms with Gasteiger partial charge in [0.1, 0.15) is 0 Å². The lowest BCUT2D eigenvalue weighted by Gasteiger charge is -2.20. The Bertz CT molecular complexity index is 231. The summed E-state index contributed by atoms with van der Waals surface area (Å²) < 4.78 is 0. The van der Waals surface area contributed by atoms with E-state index in [2.05, 4.69) is 32.9 Å². The fourth-order valence-corrected chi connectivity index (χ4v) is 1.53. The first-order valence-electron chi connectivity index (χ1n) is 5.66. The fraction of sp³-hybridized carbons (Fsp3) is 0.769.